The SMILES string of the molecule is C#CCC(C(=O)O)C(C)C. The molecule has 0 fully saturated rings. The molecule has 0 aromatic carbocycles. The molecule has 0 amide bonds. The van der Waals surface area contributed by atoms with Crippen molar-refractivity contribution in [3.05, 3.63) is 0 Å². The van der Waals surface area contributed by atoms with Gasteiger partial charge in [-0.2, -0.15) is 0 Å². The molecule has 1 N–H and O–H groups in total. The van der Waals surface area contributed by atoms with Gasteiger partial charge in [0.05, 0.1) is 5.92 Å². The van der Waals surface area contributed by atoms with Crippen molar-refractivity contribution in [2.45, 2.75) is 20.3 Å². The van der Waals surface area contributed by atoms with Crippen LogP contribution in [0.15, 0.2) is 0 Å². The van der Waals surface area contributed by atoms with Crippen molar-refractivity contribution in [2.24, 2.45) is 11.8 Å². The molecular formula is C8H12O2. The highest BCUT2D eigenvalue weighted by atomic mass is 16.4. The third-order valence-electron chi connectivity index (χ3n) is 1.46. The lowest BCUT2D eigenvalue weighted by Crippen LogP contribution is -2.18. The quantitative estimate of drug-likeness (QED) is 0.601. The van der Waals surface area contributed by atoms with Crippen LogP contribution in [-0.4, -0.2) is 11.1 Å². The Morgan fingerprint density at radius 3 is 2.30 bits per heavy atom. The molecule has 2 heteroatoms. The first-order valence-corrected chi connectivity index (χ1v) is 3.25. The van der Waals surface area contributed by atoms with Crippen molar-refractivity contribution in [1.82, 2.24) is 0 Å². The average molecular weight is 140 g/mol. The summed E-state index contributed by atoms with van der Waals surface area (Å²) in [7, 11) is 0. The Balaban J connectivity index is 4.01. The maximum Gasteiger partial charge on any atom is 0.307 e. The number of rotatable bonds is 3. The van der Waals surface area contributed by atoms with Gasteiger partial charge in [-0.15, -0.1) is 12.3 Å². The summed E-state index contributed by atoms with van der Waals surface area (Å²) in [6.45, 7) is 3.71. The lowest BCUT2D eigenvalue weighted by molar-refractivity contribution is -0.143. The number of carboxylic acids is 1. The summed E-state index contributed by atoms with van der Waals surface area (Å²) >= 11 is 0. The summed E-state index contributed by atoms with van der Waals surface area (Å²) in [5.74, 6) is 1.29. The van der Waals surface area contributed by atoms with E-state index in [1.54, 1.807) is 0 Å². The highest BCUT2D eigenvalue weighted by molar-refractivity contribution is 5.70. The first-order chi connectivity index (χ1) is 4.59. The van der Waals surface area contributed by atoms with Gasteiger partial charge >= 0.3 is 5.97 Å². The van der Waals surface area contributed by atoms with E-state index in [4.69, 9.17) is 11.5 Å². The van der Waals surface area contributed by atoms with E-state index >= 15 is 0 Å². The molecule has 0 aliphatic carbocycles. The van der Waals surface area contributed by atoms with Gasteiger partial charge in [0.1, 0.15) is 0 Å². The topological polar surface area (TPSA) is 37.3 Å². The van der Waals surface area contributed by atoms with Crippen molar-refractivity contribution >= 4 is 5.97 Å². The van der Waals surface area contributed by atoms with Crippen LogP contribution in [0.25, 0.3) is 0 Å². The van der Waals surface area contributed by atoms with Gasteiger partial charge in [0.2, 0.25) is 0 Å². The van der Waals surface area contributed by atoms with E-state index in [0.29, 0.717) is 6.42 Å². The van der Waals surface area contributed by atoms with E-state index in [0.717, 1.165) is 0 Å². The Hall–Kier alpha value is -0.970. The highest BCUT2D eigenvalue weighted by Gasteiger charge is 2.19. The van der Waals surface area contributed by atoms with Gasteiger partial charge in [-0.1, -0.05) is 13.8 Å². The zero-order valence-corrected chi connectivity index (χ0v) is 6.29. The van der Waals surface area contributed by atoms with Crippen molar-refractivity contribution in [3.8, 4) is 12.3 Å². The minimum absolute atomic E-state index is 0.119. The minimum atomic E-state index is -0.798. The molecular weight excluding hydrogens is 128 g/mol. The molecule has 56 valence electrons. The van der Waals surface area contributed by atoms with Crippen molar-refractivity contribution in [3.63, 3.8) is 0 Å². The van der Waals surface area contributed by atoms with Crippen LogP contribution in [0.4, 0.5) is 0 Å². The maximum absolute atomic E-state index is 10.4. The average Bonchev–Trinajstić information content (AvgIpc) is 1.81. The number of aliphatic carboxylic acids is 1. The molecule has 0 aliphatic rings. The van der Waals surface area contributed by atoms with Gasteiger partial charge in [0.15, 0.2) is 0 Å². The second-order valence-electron chi connectivity index (χ2n) is 2.60. The van der Waals surface area contributed by atoms with Gasteiger partial charge in [-0.25, -0.2) is 0 Å². The minimum Gasteiger partial charge on any atom is -0.481 e. The zero-order chi connectivity index (χ0) is 8.15. The molecule has 0 radical (unpaired) electrons. The predicted molar refractivity (Wildman–Crippen MR) is 39.4 cm³/mol. The molecule has 10 heavy (non-hydrogen) atoms. The Morgan fingerprint density at radius 1 is 1.70 bits per heavy atom. The number of carboxylic acid groups (broad SMARTS) is 1. The van der Waals surface area contributed by atoms with Crippen LogP contribution in [0.1, 0.15) is 20.3 Å². The number of hydrogen-bond donors (Lipinski definition) is 1. The molecule has 0 aromatic rings. The first kappa shape index (κ1) is 9.03. The molecule has 0 rings (SSSR count). The Bertz CT molecular complexity index is 153. The van der Waals surface area contributed by atoms with Crippen LogP contribution in [0.5, 0.6) is 0 Å². The van der Waals surface area contributed by atoms with E-state index in [1.807, 2.05) is 13.8 Å². The predicted octanol–water partition coefficient (Wildman–Crippen LogP) is 1.37. The normalized spacial score (nSPS) is 12.6. The summed E-state index contributed by atoms with van der Waals surface area (Å²) in [5, 5.41) is 8.58. The maximum atomic E-state index is 10.4. The van der Waals surface area contributed by atoms with Crippen LogP contribution in [-0.2, 0) is 4.79 Å². The van der Waals surface area contributed by atoms with E-state index in [-0.39, 0.29) is 11.8 Å². The Morgan fingerprint density at radius 2 is 2.20 bits per heavy atom. The van der Waals surface area contributed by atoms with Crippen LogP contribution in [0.3, 0.4) is 0 Å². The van der Waals surface area contributed by atoms with E-state index < -0.39 is 5.97 Å². The van der Waals surface area contributed by atoms with Crippen molar-refractivity contribution < 1.29 is 9.90 Å². The van der Waals surface area contributed by atoms with Crippen LogP contribution >= 0.6 is 0 Å². The third kappa shape index (κ3) is 2.54. The number of hydrogen-bond acceptors (Lipinski definition) is 1. The van der Waals surface area contributed by atoms with Crippen molar-refractivity contribution in [2.75, 3.05) is 0 Å². The van der Waals surface area contributed by atoms with Gasteiger partial charge in [0, 0.05) is 6.42 Å². The summed E-state index contributed by atoms with van der Waals surface area (Å²) in [5.41, 5.74) is 0. The summed E-state index contributed by atoms with van der Waals surface area (Å²) in [6.07, 6.45) is 5.32. The molecule has 0 saturated heterocycles. The highest BCUT2D eigenvalue weighted by Crippen LogP contribution is 2.13. The molecule has 0 bridgehead atoms. The van der Waals surface area contributed by atoms with Gasteiger partial charge < -0.3 is 5.11 Å². The smallest absolute Gasteiger partial charge is 0.307 e. The van der Waals surface area contributed by atoms with Gasteiger partial charge in [-0.3, -0.25) is 4.79 Å². The fourth-order valence-corrected chi connectivity index (χ4v) is 0.735. The Kier molecular flexibility index (Phi) is 3.56. The molecule has 2 nitrogen and oxygen atoms in total. The van der Waals surface area contributed by atoms with E-state index in [1.165, 1.54) is 0 Å². The second kappa shape index (κ2) is 3.94. The summed E-state index contributed by atoms with van der Waals surface area (Å²) in [6, 6.07) is 0. The van der Waals surface area contributed by atoms with Crippen LogP contribution in [0.2, 0.25) is 0 Å². The lowest BCUT2D eigenvalue weighted by Gasteiger charge is -2.11. The van der Waals surface area contributed by atoms with E-state index in [2.05, 4.69) is 5.92 Å². The van der Waals surface area contributed by atoms with Gasteiger partial charge in [-0.05, 0) is 5.92 Å². The molecule has 1 atom stereocenters. The number of carbonyl (C=O) groups is 1. The lowest BCUT2D eigenvalue weighted by atomic mass is 9.93. The second-order valence-corrected chi connectivity index (χ2v) is 2.60. The van der Waals surface area contributed by atoms with E-state index in [9.17, 15) is 4.79 Å². The fourth-order valence-electron chi connectivity index (χ4n) is 0.735. The molecule has 0 saturated carbocycles. The number of terminal acetylenes is 1. The third-order valence-corrected chi connectivity index (χ3v) is 1.46. The van der Waals surface area contributed by atoms with Gasteiger partial charge in [0.25, 0.3) is 0 Å². The van der Waals surface area contributed by atoms with Crippen LogP contribution < -0.4 is 0 Å². The summed E-state index contributed by atoms with van der Waals surface area (Å²) in [4.78, 5) is 10.4. The zero-order valence-electron chi connectivity index (χ0n) is 6.29. The van der Waals surface area contributed by atoms with Crippen LogP contribution in [0, 0.1) is 24.2 Å². The molecule has 1 unspecified atom stereocenters. The molecule has 0 heterocycles. The monoisotopic (exact) mass is 140 g/mol. The summed E-state index contributed by atoms with van der Waals surface area (Å²) < 4.78 is 0. The Labute approximate surface area is 61.2 Å². The largest absolute Gasteiger partial charge is 0.481 e. The fraction of sp³-hybridized carbons (Fsp3) is 0.625. The standard InChI is InChI=1S/C8H12O2/c1-4-5-7(6(2)3)8(9)10/h1,6-7H,5H2,2-3H3,(H,9,10). The van der Waals surface area contributed by atoms with Crippen molar-refractivity contribution in [1.29, 1.82) is 0 Å². The first-order valence-electron chi connectivity index (χ1n) is 3.25. The molecule has 0 aromatic heterocycles. The molecule has 0 spiro atoms. The molecule has 0 aliphatic heterocycles.